The van der Waals surface area contributed by atoms with Crippen LogP contribution >= 0.6 is 0 Å². The first-order valence-corrected chi connectivity index (χ1v) is 10.6. The second-order valence-corrected chi connectivity index (χ2v) is 7.01. The first kappa shape index (κ1) is 28.4. The van der Waals surface area contributed by atoms with Crippen molar-refractivity contribution in [1.82, 2.24) is 15.2 Å². The summed E-state index contributed by atoms with van der Waals surface area (Å²) in [5.74, 6) is -0.174. The maximum atomic E-state index is 11.6. The van der Waals surface area contributed by atoms with Gasteiger partial charge in [0.2, 0.25) is 5.91 Å². The lowest BCUT2D eigenvalue weighted by Crippen LogP contribution is -2.34. The highest BCUT2D eigenvalue weighted by molar-refractivity contribution is 5.94. The van der Waals surface area contributed by atoms with Gasteiger partial charge in [-0.05, 0) is 54.5 Å². The third kappa shape index (κ3) is 10.2. The van der Waals surface area contributed by atoms with Crippen molar-refractivity contribution in [2.45, 2.75) is 6.42 Å². The van der Waals surface area contributed by atoms with Gasteiger partial charge in [-0.15, -0.1) is 0 Å². The van der Waals surface area contributed by atoms with Crippen molar-refractivity contribution in [2.24, 2.45) is 16.5 Å². The third-order valence-corrected chi connectivity index (χ3v) is 4.55. The van der Waals surface area contributed by atoms with Gasteiger partial charge < -0.3 is 32.7 Å². The van der Waals surface area contributed by atoms with Gasteiger partial charge in [-0.2, -0.15) is 0 Å². The molecule has 0 saturated heterocycles. The van der Waals surface area contributed by atoms with Crippen LogP contribution < -0.4 is 27.8 Å². The van der Waals surface area contributed by atoms with Crippen molar-refractivity contribution in [1.29, 1.82) is 0 Å². The van der Waals surface area contributed by atoms with Crippen molar-refractivity contribution in [3.8, 4) is 0 Å². The Kier molecular flexibility index (Phi) is 12.3. The molecule has 11 heteroatoms. The number of carbonyl (C=O) groups is 3. The summed E-state index contributed by atoms with van der Waals surface area (Å²) in [5.41, 5.74) is 18.8. The first-order chi connectivity index (χ1) is 16.7. The molecule has 35 heavy (non-hydrogen) atoms. The maximum Gasteiger partial charge on any atom is 0.316 e. The van der Waals surface area contributed by atoms with Crippen molar-refractivity contribution in [2.75, 3.05) is 38.2 Å². The summed E-state index contributed by atoms with van der Waals surface area (Å²) in [6.45, 7) is 4.70. The number of nitrogens with two attached hydrogens (primary N) is 3. The van der Waals surface area contributed by atoms with E-state index in [1.54, 1.807) is 55.4 Å². The summed E-state index contributed by atoms with van der Waals surface area (Å²) in [5, 5.41) is 4.97. The molecule has 0 fully saturated rings. The van der Waals surface area contributed by atoms with Crippen LogP contribution in [0.3, 0.4) is 0 Å². The Hall–Kier alpha value is -4.67. The zero-order chi connectivity index (χ0) is 26.2. The molecule has 0 saturated carbocycles. The molecule has 0 atom stereocenters. The SMILES string of the molecule is C=CC(=O)N1CCC=C(c2ccc(NC(N)=O)cn2)C1.CN=CN.CNC(=O)c1ccc(N)cc1. The minimum atomic E-state index is -0.626. The topological polar surface area (TPSA) is 182 Å². The number of anilines is 2. The Bertz CT molecular complexity index is 1040. The first-order valence-electron chi connectivity index (χ1n) is 10.6. The minimum absolute atomic E-state index is 0.0809. The van der Waals surface area contributed by atoms with Gasteiger partial charge >= 0.3 is 6.03 Å². The molecule has 2 heterocycles. The van der Waals surface area contributed by atoms with Crippen LogP contribution in [0.5, 0.6) is 0 Å². The number of hydrogen-bond acceptors (Lipinski definition) is 6. The van der Waals surface area contributed by atoms with Gasteiger partial charge in [0, 0.05) is 38.4 Å². The largest absolute Gasteiger partial charge is 0.399 e. The smallest absolute Gasteiger partial charge is 0.316 e. The number of nitrogen functional groups attached to an aromatic ring is 1. The average Bonchev–Trinajstić information content (AvgIpc) is 2.89. The molecule has 8 N–H and O–H groups in total. The highest BCUT2D eigenvalue weighted by Gasteiger charge is 2.17. The van der Waals surface area contributed by atoms with Gasteiger partial charge in [0.15, 0.2) is 0 Å². The zero-order valence-electron chi connectivity index (χ0n) is 19.9. The van der Waals surface area contributed by atoms with Crippen molar-refractivity contribution >= 4 is 41.1 Å². The van der Waals surface area contributed by atoms with E-state index < -0.39 is 6.03 Å². The quantitative estimate of drug-likeness (QED) is 0.192. The molecule has 2 aromatic rings. The van der Waals surface area contributed by atoms with Gasteiger partial charge in [0.1, 0.15) is 0 Å². The molecule has 0 unspecified atom stereocenters. The minimum Gasteiger partial charge on any atom is -0.399 e. The molecule has 0 aliphatic carbocycles. The lowest BCUT2D eigenvalue weighted by atomic mass is 10.1. The van der Waals surface area contributed by atoms with Crippen molar-refractivity contribution < 1.29 is 14.4 Å². The van der Waals surface area contributed by atoms with E-state index in [1.165, 1.54) is 18.6 Å². The molecular weight excluding hydrogens is 448 g/mol. The third-order valence-electron chi connectivity index (χ3n) is 4.55. The molecule has 0 radical (unpaired) electrons. The van der Waals surface area contributed by atoms with E-state index in [1.807, 2.05) is 0 Å². The Balaban J connectivity index is 0.000000342. The molecular formula is C24H32N8O3. The van der Waals surface area contributed by atoms with Gasteiger partial charge in [0.25, 0.3) is 5.91 Å². The number of pyridine rings is 1. The van der Waals surface area contributed by atoms with Crippen LogP contribution in [0.25, 0.3) is 5.57 Å². The molecule has 1 aliphatic rings. The predicted molar refractivity (Wildman–Crippen MR) is 140 cm³/mol. The summed E-state index contributed by atoms with van der Waals surface area (Å²) >= 11 is 0. The number of hydrogen-bond donors (Lipinski definition) is 5. The molecule has 0 bridgehead atoms. The van der Waals surface area contributed by atoms with Gasteiger partial charge in [-0.25, -0.2) is 4.79 Å². The summed E-state index contributed by atoms with van der Waals surface area (Å²) in [6, 6.07) is 9.66. The fraction of sp³-hybridized carbons (Fsp3) is 0.208. The molecule has 186 valence electrons. The number of amides is 4. The number of aliphatic imine (C=N–C) groups is 1. The molecule has 4 amide bonds. The van der Waals surface area contributed by atoms with Gasteiger partial charge in [-0.1, -0.05) is 12.7 Å². The van der Waals surface area contributed by atoms with Crippen LogP contribution in [0, 0.1) is 0 Å². The Labute approximate surface area is 204 Å². The van der Waals surface area contributed by atoms with Crippen LogP contribution in [-0.2, 0) is 4.79 Å². The van der Waals surface area contributed by atoms with E-state index in [2.05, 4.69) is 33.3 Å². The normalized spacial score (nSPS) is 12.2. The van der Waals surface area contributed by atoms with E-state index in [4.69, 9.17) is 17.2 Å². The molecule has 11 nitrogen and oxygen atoms in total. The van der Waals surface area contributed by atoms with Crippen LogP contribution in [-0.4, -0.2) is 61.3 Å². The highest BCUT2D eigenvalue weighted by Crippen LogP contribution is 2.20. The predicted octanol–water partition coefficient (Wildman–Crippen LogP) is 1.61. The van der Waals surface area contributed by atoms with Crippen molar-refractivity contribution in [3.05, 3.63) is 72.6 Å². The van der Waals surface area contributed by atoms with E-state index in [9.17, 15) is 14.4 Å². The van der Waals surface area contributed by atoms with Gasteiger partial charge in [0.05, 0.1) is 23.9 Å². The van der Waals surface area contributed by atoms with Gasteiger partial charge in [-0.3, -0.25) is 19.6 Å². The molecule has 3 rings (SSSR count). The number of aromatic nitrogens is 1. The Morgan fingerprint density at radius 3 is 2.31 bits per heavy atom. The number of urea groups is 1. The van der Waals surface area contributed by atoms with Crippen LogP contribution in [0.1, 0.15) is 22.5 Å². The number of rotatable bonds is 4. The number of primary amides is 1. The van der Waals surface area contributed by atoms with E-state index >= 15 is 0 Å². The number of nitrogens with one attached hydrogen (secondary N) is 2. The molecule has 0 spiro atoms. The number of benzene rings is 1. The second kappa shape index (κ2) is 15.2. The van der Waals surface area contributed by atoms with Crippen LogP contribution in [0.2, 0.25) is 0 Å². The monoisotopic (exact) mass is 480 g/mol. The highest BCUT2D eigenvalue weighted by atomic mass is 16.2. The summed E-state index contributed by atoms with van der Waals surface area (Å²) < 4.78 is 0. The second-order valence-electron chi connectivity index (χ2n) is 7.01. The lowest BCUT2D eigenvalue weighted by molar-refractivity contribution is -0.125. The summed E-state index contributed by atoms with van der Waals surface area (Å²) in [7, 11) is 3.22. The molecule has 1 aliphatic heterocycles. The van der Waals surface area contributed by atoms with E-state index in [0.717, 1.165) is 17.7 Å². The van der Waals surface area contributed by atoms with Crippen molar-refractivity contribution in [3.63, 3.8) is 0 Å². The molecule has 1 aromatic carbocycles. The van der Waals surface area contributed by atoms with E-state index in [-0.39, 0.29) is 11.8 Å². The van der Waals surface area contributed by atoms with Crippen LogP contribution in [0.15, 0.2) is 66.3 Å². The fourth-order valence-electron chi connectivity index (χ4n) is 2.83. The standard InChI is InChI=1S/C14H16N4O2.C8H10N2O.C2H6N2/c1-2-13(19)18-7-3-4-10(9-18)12-6-5-11(8-16-12)17-14(15)20;1-10-8(11)6-2-4-7(9)5-3-6;1-4-2-3/h2,4-6,8H,1,3,7,9H2,(H3,15,17,20);2-5H,9H2,1H3,(H,10,11);2H,1H3,(H2,3,4). The Morgan fingerprint density at radius 1 is 1.17 bits per heavy atom. The number of nitrogens with zero attached hydrogens (tertiary/aromatic N) is 3. The Morgan fingerprint density at radius 2 is 1.83 bits per heavy atom. The fourth-order valence-corrected chi connectivity index (χ4v) is 2.83. The van der Waals surface area contributed by atoms with Crippen LogP contribution in [0.4, 0.5) is 16.2 Å². The molecule has 1 aromatic heterocycles. The zero-order valence-corrected chi connectivity index (χ0v) is 19.9. The summed E-state index contributed by atoms with van der Waals surface area (Å²) in [4.78, 5) is 42.7. The van der Waals surface area contributed by atoms with E-state index in [0.29, 0.717) is 30.0 Å². The lowest BCUT2D eigenvalue weighted by Gasteiger charge is -2.26. The average molecular weight is 481 g/mol. The number of carbonyl (C=O) groups excluding carboxylic acids is 3. The maximum absolute atomic E-state index is 11.6. The summed E-state index contributed by atoms with van der Waals surface area (Å²) in [6.07, 6.45) is 6.96.